The molecule has 8 nitrogen and oxygen atoms in total. The van der Waals surface area contributed by atoms with E-state index < -0.39 is 60.9 Å². The lowest BCUT2D eigenvalue weighted by atomic mass is 10.1. The molecule has 0 saturated heterocycles. The van der Waals surface area contributed by atoms with Crippen molar-refractivity contribution in [3.05, 3.63) is 12.1 Å². The van der Waals surface area contributed by atoms with Gasteiger partial charge in [0.1, 0.15) is 24.8 Å². The molecular formula is C20H24F6N4O4. The van der Waals surface area contributed by atoms with Crippen LogP contribution in [0, 0.1) is 11.8 Å². The lowest BCUT2D eigenvalue weighted by molar-refractivity contribution is -0.137. The normalized spacial score (nSPS) is 17.1. The Balaban J connectivity index is 1.78. The molecule has 190 valence electrons. The van der Waals surface area contributed by atoms with Crippen LogP contribution in [0.4, 0.5) is 36.8 Å². The van der Waals surface area contributed by atoms with Gasteiger partial charge in [0, 0.05) is 6.07 Å². The molecule has 0 spiro atoms. The van der Waals surface area contributed by atoms with Crippen LogP contribution in [-0.4, -0.2) is 55.1 Å². The number of hydrogen-bond donors (Lipinski definition) is 2. The summed E-state index contributed by atoms with van der Waals surface area (Å²) in [6.07, 6.45) is -7.22. The van der Waals surface area contributed by atoms with Gasteiger partial charge in [0.2, 0.25) is 17.7 Å². The maximum absolute atomic E-state index is 13.0. The largest absolute Gasteiger partial charge is 0.476 e. The summed E-state index contributed by atoms with van der Waals surface area (Å²) in [5, 5.41) is 2.29. The van der Waals surface area contributed by atoms with Crippen molar-refractivity contribution in [2.75, 3.05) is 24.6 Å². The molecule has 0 unspecified atom stereocenters. The van der Waals surface area contributed by atoms with Gasteiger partial charge in [0.05, 0.1) is 6.61 Å². The van der Waals surface area contributed by atoms with E-state index in [0.717, 1.165) is 37.8 Å². The second-order valence-corrected chi connectivity index (χ2v) is 8.48. The molecule has 1 atom stereocenters. The number of ether oxygens (including phenoxy) is 2. The van der Waals surface area contributed by atoms with Gasteiger partial charge in [0.15, 0.2) is 0 Å². The Morgan fingerprint density at radius 3 is 2.15 bits per heavy atom. The van der Waals surface area contributed by atoms with E-state index in [1.807, 2.05) is 0 Å². The van der Waals surface area contributed by atoms with E-state index in [1.54, 1.807) is 0 Å². The molecule has 0 bridgehead atoms. The summed E-state index contributed by atoms with van der Waals surface area (Å²) in [6, 6.07) is 0.864. The summed E-state index contributed by atoms with van der Waals surface area (Å²) in [5.74, 6) is -1.36. The van der Waals surface area contributed by atoms with Gasteiger partial charge in [0.25, 0.3) is 0 Å². The molecule has 1 aromatic rings. The third-order valence-corrected chi connectivity index (χ3v) is 5.15. The number of nitrogens with one attached hydrogen (secondary N) is 1. The first-order chi connectivity index (χ1) is 15.8. The predicted molar refractivity (Wildman–Crippen MR) is 106 cm³/mol. The average Bonchev–Trinajstić information content (AvgIpc) is 3.58. The van der Waals surface area contributed by atoms with Crippen molar-refractivity contribution in [2.45, 2.75) is 50.5 Å². The van der Waals surface area contributed by atoms with E-state index >= 15 is 0 Å². The number of aromatic nitrogens is 1. The van der Waals surface area contributed by atoms with Crippen LogP contribution in [0.1, 0.15) is 32.1 Å². The molecule has 3 rings (SSSR count). The van der Waals surface area contributed by atoms with Crippen LogP contribution in [0.2, 0.25) is 0 Å². The van der Waals surface area contributed by atoms with E-state index in [9.17, 15) is 35.9 Å². The van der Waals surface area contributed by atoms with Gasteiger partial charge in [-0.25, -0.2) is 4.79 Å². The number of carbonyl (C=O) groups excluding carboxylic acids is 2. The van der Waals surface area contributed by atoms with Crippen LogP contribution in [0.25, 0.3) is 0 Å². The highest BCUT2D eigenvalue weighted by molar-refractivity contribution is 5.84. The van der Waals surface area contributed by atoms with Crippen molar-refractivity contribution in [1.29, 1.82) is 0 Å². The van der Waals surface area contributed by atoms with E-state index in [4.69, 9.17) is 15.2 Å². The fraction of sp³-hybridized carbons (Fsp3) is 0.650. The Morgan fingerprint density at radius 1 is 1.06 bits per heavy atom. The first-order valence-corrected chi connectivity index (χ1v) is 10.6. The Bertz CT molecular complexity index is 871. The van der Waals surface area contributed by atoms with Crippen LogP contribution in [0.3, 0.4) is 0 Å². The Morgan fingerprint density at radius 2 is 1.65 bits per heavy atom. The monoisotopic (exact) mass is 498 g/mol. The Hall–Kier alpha value is -2.93. The van der Waals surface area contributed by atoms with Gasteiger partial charge < -0.3 is 25.4 Å². The van der Waals surface area contributed by atoms with Crippen molar-refractivity contribution in [3.63, 3.8) is 0 Å². The minimum Gasteiger partial charge on any atom is -0.476 e. The first-order valence-electron chi connectivity index (χ1n) is 10.6. The van der Waals surface area contributed by atoms with E-state index in [1.165, 1.54) is 0 Å². The highest BCUT2D eigenvalue weighted by Gasteiger charge is 2.39. The molecule has 0 radical (unpaired) electrons. The molecular weight excluding hydrogens is 474 g/mol. The smallest absolute Gasteiger partial charge is 0.414 e. The lowest BCUT2D eigenvalue weighted by Crippen LogP contribution is -2.45. The molecule has 14 heteroatoms. The van der Waals surface area contributed by atoms with E-state index in [0.29, 0.717) is 6.42 Å². The number of amides is 2. The van der Waals surface area contributed by atoms with Crippen molar-refractivity contribution in [1.82, 2.24) is 10.3 Å². The zero-order valence-corrected chi connectivity index (χ0v) is 17.9. The molecule has 2 aliphatic rings. The molecule has 2 aliphatic carbocycles. The standard InChI is InChI=1S/C20H24F6N4O4/c21-19(22,23)9-30(10-20(24,25)26)14-5-6-15(29-17(14)33-8-12-3-4-12)34-18(32)28-13(16(27)31)7-11-1-2-11/h5-6,11-13H,1-4,7-10H2,(H2,27,31)(H,28,32)/t13-/m0/s1. The van der Waals surface area contributed by atoms with Crippen molar-refractivity contribution < 1.29 is 45.4 Å². The fourth-order valence-corrected chi connectivity index (χ4v) is 3.16. The van der Waals surface area contributed by atoms with Crippen molar-refractivity contribution in [3.8, 4) is 11.8 Å². The number of halogens is 6. The third kappa shape index (κ3) is 8.78. The van der Waals surface area contributed by atoms with Gasteiger partial charge in [-0.15, -0.1) is 0 Å². The Labute approximate surface area is 190 Å². The molecule has 2 saturated carbocycles. The molecule has 34 heavy (non-hydrogen) atoms. The first kappa shape index (κ1) is 25.7. The molecule has 2 fully saturated rings. The molecule has 1 aromatic heterocycles. The minimum atomic E-state index is -4.93. The number of anilines is 1. The average molecular weight is 498 g/mol. The number of primary amides is 1. The quantitative estimate of drug-likeness (QED) is 0.452. The topological polar surface area (TPSA) is 107 Å². The zero-order chi connectivity index (χ0) is 25.1. The molecule has 0 aromatic carbocycles. The third-order valence-electron chi connectivity index (χ3n) is 5.15. The number of pyridine rings is 1. The van der Waals surface area contributed by atoms with Crippen LogP contribution in [0.15, 0.2) is 12.1 Å². The molecule has 3 N–H and O–H groups in total. The number of nitrogens with zero attached hydrogens (tertiary/aromatic N) is 2. The SMILES string of the molecule is NC(=O)[C@H](CC1CC1)NC(=O)Oc1ccc(N(CC(F)(F)F)CC(F)(F)F)c(OCC2CC2)n1. The summed E-state index contributed by atoms with van der Waals surface area (Å²) in [4.78, 5) is 27.6. The van der Waals surface area contributed by atoms with Crippen LogP contribution in [0.5, 0.6) is 11.8 Å². The van der Waals surface area contributed by atoms with Gasteiger partial charge in [-0.05, 0) is 37.2 Å². The van der Waals surface area contributed by atoms with Crippen molar-refractivity contribution >= 4 is 17.7 Å². The summed E-state index contributed by atoms with van der Waals surface area (Å²) >= 11 is 0. The predicted octanol–water partition coefficient (Wildman–Crippen LogP) is 3.54. The minimum absolute atomic E-state index is 0.0344. The van der Waals surface area contributed by atoms with E-state index in [2.05, 4.69) is 10.3 Å². The van der Waals surface area contributed by atoms with Crippen molar-refractivity contribution in [2.24, 2.45) is 17.6 Å². The van der Waals surface area contributed by atoms with Gasteiger partial charge in [-0.1, -0.05) is 12.8 Å². The second-order valence-electron chi connectivity index (χ2n) is 8.48. The summed E-state index contributed by atoms with van der Waals surface area (Å²) in [6.45, 7) is -3.75. The van der Waals surface area contributed by atoms with Gasteiger partial charge in [-0.3, -0.25) is 4.79 Å². The van der Waals surface area contributed by atoms with Gasteiger partial charge in [-0.2, -0.15) is 31.3 Å². The van der Waals surface area contributed by atoms with Crippen LogP contribution in [-0.2, 0) is 4.79 Å². The highest BCUT2D eigenvalue weighted by atomic mass is 19.4. The number of rotatable bonds is 11. The fourth-order valence-electron chi connectivity index (χ4n) is 3.16. The molecule has 0 aliphatic heterocycles. The molecule has 1 heterocycles. The number of nitrogens with two attached hydrogens (primary N) is 1. The highest BCUT2D eigenvalue weighted by Crippen LogP contribution is 2.36. The van der Waals surface area contributed by atoms with Crippen LogP contribution >= 0.6 is 0 Å². The molecule has 2 amide bonds. The summed E-state index contributed by atoms with van der Waals surface area (Å²) < 4.78 is 88.2. The number of hydrogen-bond acceptors (Lipinski definition) is 6. The van der Waals surface area contributed by atoms with E-state index in [-0.39, 0.29) is 23.3 Å². The lowest BCUT2D eigenvalue weighted by Gasteiger charge is -2.28. The number of carbonyl (C=O) groups is 2. The van der Waals surface area contributed by atoms with Gasteiger partial charge >= 0.3 is 18.4 Å². The Kier molecular flexibility index (Phi) is 7.66. The maximum Gasteiger partial charge on any atom is 0.414 e. The summed E-state index contributed by atoms with van der Waals surface area (Å²) in [5.41, 5.74) is 4.72. The summed E-state index contributed by atoms with van der Waals surface area (Å²) in [7, 11) is 0. The zero-order valence-electron chi connectivity index (χ0n) is 17.9. The maximum atomic E-state index is 13.0. The number of alkyl halides is 6. The second kappa shape index (κ2) is 10.1. The van der Waals surface area contributed by atoms with Crippen LogP contribution < -0.4 is 25.4 Å².